The van der Waals surface area contributed by atoms with Crippen molar-refractivity contribution in [3.63, 3.8) is 0 Å². The van der Waals surface area contributed by atoms with E-state index in [9.17, 15) is 4.79 Å². The molecule has 0 aliphatic carbocycles. The minimum absolute atomic E-state index is 0. The Morgan fingerprint density at radius 2 is 1.96 bits per heavy atom. The standard InChI is InChI=1S/C16H27N3O3.2ClH/c1-12-9-19(10-13(2)22-12)6-4-3-5-18-16(20)14-7-15(8-17)21-11-14;;/h7,11-13H,3-6,8-10,17H2,1-2H3,(H,18,20);2*1H. The number of ether oxygens (including phenoxy) is 1. The molecule has 1 aromatic heterocycles. The van der Waals surface area contributed by atoms with Crippen molar-refractivity contribution in [3.8, 4) is 0 Å². The largest absolute Gasteiger partial charge is 0.467 e. The minimum Gasteiger partial charge on any atom is -0.467 e. The zero-order valence-electron chi connectivity index (χ0n) is 14.3. The first kappa shape index (κ1) is 23.2. The Morgan fingerprint density at radius 1 is 1.29 bits per heavy atom. The van der Waals surface area contributed by atoms with Gasteiger partial charge < -0.3 is 20.2 Å². The Morgan fingerprint density at radius 3 is 2.54 bits per heavy atom. The number of carbonyl (C=O) groups excluding carboxylic acids is 1. The Hall–Kier alpha value is -0.790. The third-order valence-corrected chi connectivity index (χ3v) is 3.80. The number of halogens is 2. The lowest BCUT2D eigenvalue weighted by molar-refractivity contribution is -0.0681. The average Bonchev–Trinajstić information content (AvgIpc) is 2.94. The average molecular weight is 382 g/mol. The smallest absolute Gasteiger partial charge is 0.254 e. The Kier molecular flexibility index (Phi) is 11.3. The molecule has 3 N–H and O–H groups in total. The molecule has 1 aliphatic rings. The summed E-state index contributed by atoms with van der Waals surface area (Å²) in [6, 6.07) is 1.69. The van der Waals surface area contributed by atoms with E-state index in [4.69, 9.17) is 14.9 Å². The van der Waals surface area contributed by atoms with E-state index in [1.54, 1.807) is 6.07 Å². The summed E-state index contributed by atoms with van der Waals surface area (Å²) in [6.45, 7) is 8.26. The zero-order chi connectivity index (χ0) is 15.9. The third kappa shape index (κ3) is 7.40. The van der Waals surface area contributed by atoms with Crippen molar-refractivity contribution in [1.29, 1.82) is 0 Å². The highest BCUT2D eigenvalue weighted by Crippen LogP contribution is 2.11. The molecule has 0 bridgehead atoms. The third-order valence-electron chi connectivity index (χ3n) is 3.80. The number of furan rings is 1. The van der Waals surface area contributed by atoms with Crippen molar-refractivity contribution in [1.82, 2.24) is 10.2 Å². The first-order chi connectivity index (χ1) is 10.6. The van der Waals surface area contributed by atoms with Crippen molar-refractivity contribution < 1.29 is 13.9 Å². The number of morpholine rings is 1. The highest BCUT2D eigenvalue weighted by Gasteiger charge is 2.21. The van der Waals surface area contributed by atoms with E-state index in [1.165, 1.54) is 6.26 Å². The van der Waals surface area contributed by atoms with Gasteiger partial charge in [-0.2, -0.15) is 0 Å². The molecular formula is C16H29Cl2N3O3. The van der Waals surface area contributed by atoms with Gasteiger partial charge in [-0.15, -0.1) is 24.8 Å². The first-order valence-corrected chi connectivity index (χ1v) is 8.02. The molecule has 24 heavy (non-hydrogen) atoms. The molecule has 1 fully saturated rings. The summed E-state index contributed by atoms with van der Waals surface area (Å²) in [5.74, 6) is 0.526. The van der Waals surface area contributed by atoms with Gasteiger partial charge in [-0.05, 0) is 39.3 Å². The van der Waals surface area contributed by atoms with E-state index in [2.05, 4.69) is 24.1 Å². The monoisotopic (exact) mass is 381 g/mol. The van der Waals surface area contributed by atoms with Crippen molar-refractivity contribution in [2.75, 3.05) is 26.2 Å². The zero-order valence-corrected chi connectivity index (χ0v) is 16.0. The molecule has 140 valence electrons. The number of nitrogens with one attached hydrogen (secondary N) is 1. The van der Waals surface area contributed by atoms with Gasteiger partial charge in [0.2, 0.25) is 0 Å². The van der Waals surface area contributed by atoms with Gasteiger partial charge in [-0.3, -0.25) is 9.69 Å². The summed E-state index contributed by atoms with van der Waals surface area (Å²) >= 11 is 0. The quantitative estimate of drug-likeness (QED) is 0.707. The number of rotatable bonds is 7. The highest BCUT2D eigenvalue weighted by atomic mass is 35.5. The summed E-state index contributed by atoms with van der Waals surface area (Å²) in [5.41, 5.74) is 5.99. The second-order valence-electron chi connectivity index (χ2n) is 5.99. The predicted octanol–water partition coefficient (Wildman–Crippen LogP) is 2.20. The number of carbonyl (C=O) groups is 1. The summed E-state index contributed by atoms with van der Waals surface area (Å²) in [7, 11) is 0. The molecule has 8 heteroatoms. The number of unbranched alkanes of at least 4 members (excludes halogenated alkanes) is 1. The SMILES string of the molecule is CC1CN(CCCCNC(=O)c2coc(CN)c2)CC(C)O1.Cl.Cl. The van der Waals surface area contributed by atoms with Crippen LogP contribution in [0.1, 0.15) is 42.8 Å². The van der Waals surface area contributed by atoms with Crippen LogP contribution in [-0.4, -0.2) is 49.2 Å². The summed E-state index contributed by atoms with van der Waals surface area (Å²) in [5, 5.41) is 2.91. The number of amides is 1. The van der Waals surface area contributed by atoms with E-state index in [0.29, 0.717) is 36.6 Å². The second-order valence-corrected chi connectivity index (χ2v) is 5.99. The molecule has 2 atom stereocenters. The Bertz CT molecular complexity index is 475. The lowest BCUT2D eigenvalue weighted by atomic mass is 10.2. The van der Waals surface area contributed by atoms with Gasteiger partial charge in [-0.1, -0.05) is 0 Å². The number of hydrogen-bond acceptors (Lipinski definition) is 5. The van der Waals surface area contributed by atoms with Crippen molar-refractivity contribution in [3.05, 3.63) is 23.7 Å². The van der Waals surface area contributed by atoms with Crippen molar-refractivity contribution in [2.24, 2.45) is 5.73 Å². The molecule has 1 aliphatic heterocycles. The number of nitrogens with zero attached hydrogens (tertiary/aromatic N) is 1. The molecular weight excluding hydrogens is 353 g/mol. The maximum atomic E-state index is 11.9. The van der Waals surface area contributed by atoms with Crippen molar-refractivity contribution >= 4 is 30.7 Å². The van der Waals surface area contributed by atoms with Crippen LogP contribution < -0.4 is 11.1 Å². The van der Waals surface area contributed by atoms with Gasteiger partial charge >= 0.3 is 0 Å². The minimum atomic E-state index is -0.0999. The van der Waals surface area contributed by atoms with Crippen LogP contribution in [0.25, 0.3) is 0 Å². The van der Waals surface area contributed by atoms with Gasteiger partial charge in [0.15, 0.2) is 0 Å². The lowest BCUT2D eigenvalue weighted by Gasteiger charge is -2.35. The summed E-state index contributed by atoms with van der Waals surface area (Å²) in [4.78, 5) is 14.3. The molecule has 0 saturated carbocycles. The maximum absolute atomic E-state index is 11.9. The molecule has 1 aromatic rings. The van der Waals surface area contributed by atoms with Crippen LogP contribution in [0.15, 0.2) is 16.7 Å². The molecule has 0 aromatic carbocycles. The van der Waals surface area contributed by atoms with E-state index in [-0.39, 0.29) is 30.7 Å². The van der Waals surface area contributed by atoms with E-state index in [0.717, 1.165) is 32.5 Å². The molecule has 0 spiro atoms. The molecule has 2 heterocycles. The first-order valence-electron chi connectivity index (χ1n) is 8.02. The van der Waals surface area contributed by atoms with E-state index >= 15 is 0 Å². The predicted molar refractivity (Wildman–Crippen MR) is 99.1 cm³/mol. The summed E-state index contributed by atoms with van der Waals surface area (Å²) in [6.07, 6.45) is 4.10. The molecule has 0 radical (unpaired) electrons. The molecule has 6 nitrogen and oxygen atoms in total. The number of hydrogen-bond donors (Lipinski definition) is 2. The fraction of sp³-hybridized carbons (Fsp3) is 0.688. The fourth-order valence-electron chi connectivity index (χ4n) is 2.84. The van der Waals surface area contributed by atoms with Crippen LogP contribution in [0.3, 0.4) is 0 Å². The molecule has 1 amide bonds. The fourth-order valence-corrected chi connectivity index (χ4v) is 2.84. The van der Waals surface area contributed by atoms with E-state index < -0.39 is 0 Å². The van der Waals surface area contributed by atoms with E-state index in [1.807, 2.05) is 0 Å². The van der Waals surface area contributed by atoms with Crippen LogP contribution in [-0.2, 0) is 11.3 Å². The van der Waals surface area contributed by atoms with Gasteiger partial charge in [0, 0.05) is 19.6 Å². The maximum Gasteiger partial charge on any atom is 0.254 e. The second kappa shape index (κ2) is 11.7. The van der Waals surface area contributed by atoms with Crippen molar-refractivity contribution in [2.45, 2.75) is 45.4 Å². The van der Waals surface area contributed by atoms with Crippen LogP contribution in [0, 0.1) is 0 Å². The van der Waals surface area contributed by atoms with Gasteiger partial charge in [0.25, 0.3) is 5.91 Å². The normalized spacial score (nSPS) is 20.8. The van der Waals surface area contributed by atoms with Crippen LogP contribution in [0.4, 0.5) is 0 Å². The number of nitrogens with two attached hydrogens (primary N) is 1. The molecule has 2 rings (SSSR count). The summed E-state index contributed by atoms with van der Waals surface area (Å²) < 4.78 is 10.9. The van der Waals surface area contributed by atoms with Crippen LogP contribution in [0.2, 0.25) is 0 Å². The van der Waals surface area contributed by atoms with Crippen LogP contribution >= 0.6 is 24.8 Å². The Balaban J connectivity index is 0.00000264. The lowest BCUT2D eigenvalue weighted by Crippen LogP contribution is -2.45. The Labute approximate surface area is 156 Å². The van der Waals surface area contributed by atoms with Gasteiger partial charge in [0.1, 0.15) is 12.0 Å². The van der Waals surface area contributed by atoms with Crippen LogP contribution in [0.5, 0.6) is 0 Å². The topological polar surface area (TPSA) is 80.7 Å². The highest BCUT2D eigenvalue weighted by molar-refractivity contribution is 5.93. The molecule has 1 saturated heterocycles. The van der Waals surface area contributed by atoms with Gasteiger partial charge in [0.05, 0.1) is 24.3 Å². The van der Waals surface area contributed by atoms with Gasteiger partial charge in [-0.25, -0.2) is 0 Å². The molecule has 2 unspecified atom stereocenters.